The fraction of sp³-hybridized carbons (Fsp3) is 0.455. The molecule has 0 aliphatic carbocycles. The van der Waals surface area contributed by atoms with Gasteiger partial charge in [0.1, 0.15) is 5.01 Å². The van der Waals surface area contributed by atoms with Crippen molar-refractivity contribution in [2.24, 2.45) is 0 Å². The normalized spacial score (nSPS) is 12.4. The van der Waals surface area contributed by atoms with Crippen LogP contribution in [0, 0.1) is 0 Å². The van der Waals surface area contributed by atoms with Gasteiger partial charge in [0.25, 0.3) is 0 Å². The Morgan fingerprint density at radius 1 is 1.32 bits per heavy atom. The Morgan fingerprint density at radius 3 is 2.74 bits per heavy atom. The van der Waals surface area contributed by atoms with E-state index in [2.05, 4.69) is 41.2 Å². The zero-order chi connectivity index (χ0) is 13.6. The zero-order valence-electron chi connectivity index (χ0n) is 11.0. The Kier molecular flexibility index (Phi) is 2.56. The minimum absolute atomic E-state index is 0.0825. The van der Waals surface area contributed by atoms with E-state index in [0.29, 0.717) is 12.2 Å². The molecule has 0 aliphatic heterocycles. The predicted molar refractivity (Wildman–Crippen MR) is 73.1 cm³/mol. The van der Waals surface area contributed by atoms with Crippen LogP contribution in [0.3, 0.4) is 0 Å². The molecule has 0 amide bonds. The molecule has 8 heteroatoms. The standard InChI is InChI=1S/C11H15N7S/c1-11(2,3)9-14-15-10-18(9)16-8(19-10)6-17-5-7(12)4-13-17/h4-5H,6,12H2,1-3H3. The van der Waals surface area contributed by atoms with Crippen molar-refractivity contribution in [3.05, 3.63) is 23.2 Å². The van der Waals surface area contributed by atoms with Crippen LogP contribution in [0.5, 0.6) is 0 Å². The molecular formula is C11H15N7S. The first-order valence-electron chi connectivity index (χ1n) is 5.93. The summed E-state index contributed by atoms with van der Waals surface area (Å²) in [6, 6.07) is 0. The lowest BCUT2D eigenvalue weighted by Crippen LogP contribution is -2.16. The van der Waals surface area contributed by atoms with E-state index in [0.717, 1.165) is 15.8 Å². The lowest BCUT2D eigenvalue weighted by molar-refractivity contribution is 0.525. The van der Waals surface area contributed by atoms with Crippen LogP contribution in [0.25, 0.3) is 4.96 Å². The fourth-order valence-electron chi connectivity index (χ4n) is 1.79. The van der Waals surface area contributed by atoms with E-state index in [1.807, 2.05) is 4.52 Å². The van der Waals surface area contributed by atoms with Crippen molar-refractivity contribution in [2.75, 3.05) is 5.73 Å². The van der Waals surface area contributed by atoms with Gasteiger partial charge < -0.3 is 5.73 Å². The van der Waals surface area contributed by atoms with Crippen LogP contribution in [0.4, 0.5) is 5.69 Å². The largest absolute Gasteiger partial charge is 0.396 e. The van der Waals surface area contributed by atoms with E-state index in [4.69, 9.17) is 5.73 Å². The Labute approximate surface area is 114 Å². The van der Waals surface area contributed by atoms with Crippen LogP contribution in [0.1, 0.15) is 31.6 Å². The monoisotopic (exact) mass is 277 g/mol. The highest BCUT2D eigenvalue weighted by Crippen LogP contribution is 2.23. The number of fused-ring (bicyclic) bond motifs is 1. The van der Waals surface area contributed by atoms with E-state index in [9.17, 15) is 0 Å². The second-order valence-electron chi connectivity index (χ2n) is 5.44. The third-order valence-corrected chi connectivity index (χ3v) is 3.54. The Balaban J connectivity index is 1.96. The number of anilines is 1. The van der Waals surface area contributed by atoms with E-state index in [1.165, 1.54) is 11.3 Å². The molecule has 3 heterocycles. The van der Waals surface area contributed by atoms with Crippen molar-refractivity contribution in [1.29, 1.82) is 0 Å². The summed E-state index contributed by atoms with van der Waals surface area (Å²) in [7, 11) is 0. The third kappa shape index (κ3) is 2.19. The van der Waals surface area contributed by atoms with Crippen LogP contribution < -0.4 is 5.73 Å². The first kappa shape index (κ1) is 12.1. The van der Waals surface area contributed by atoms with Crippen molar-refractivity contribution in [1.82, 2.24) is 29.6 Å². The van der Waals surface area contributed by atoms with Gasteiger partial charge in [0.15, 0.2) is 5.82 Å². The fourth-order valence-corrected chi connectivity index (χ4v) is 2.62. The van der Waals surface area contributed by atoms with Gasteiger partial charge in [-0.15, -0.1) is 10.2 Å². The minimum Gasteiger partial charge on any atom is -0.396 e. The second kappa shape index (κ2) is 4.02. The van der Waals surface area contributed by atoms with Gasteiger partial charge in [-0.2, -0.15) is 14.7 Å². The summed E-state index contributed by atoms with van der Waals surface area (Å²) < 4.78 is 3.57. The molecule has 0 fully saturated rings. The summed E-state index contributed by atoms with van der Waals surface area (Å²) in [5.41, 5.74) is 6.21. The molecule has 7 nitrogen and oxygen atoms in total. The van der Waals surface area contributed by atoms with E-state index in [1.54, 1.807) is 17.1 Å². The highest BCUT2D eigenvalue weighted by molar-refractivity contribution is 7.16. The molecule has 0 radical (unpaired) electrons. The number of nitrogens with zero attached hydrogens (tertiary/aromatic N) is 6. The van der Waals surface area contributed by atoms with Gasteiger partial charge in [0.2, 0.25) is 4.96 Å². The molecule has 3 aromatic rings. The number of hydrogen-bond donors (Lipinski definition) is 1. The van der Waals surface area contributed by atoms with Crippen LogP contribution in [0.15, 0.2) is 12.4 Å². The van der Waals surface area contributed by atoms with E-state index in [-0.39, 0.29) is 5.41 Å². The topological polar surface area (TPSA) is 86.9 Å². The number of rotatable bonds is 2. The number of nitrogens with two attached hydrogens (primary N) is 1. The maximum Gasteiger partial charge on any atom is 0.234 e. The molecule has 0 aromatic carbocycles. The summed E-state index contributed by atoms with van der Waals surface area (Å²) in [6.45, 7) is 6.87. The number of hydrogen-bond acceptors (Lipinski definition) is 6. The summed E-state index contributed by atoms with van der Waals surface area (Å²) in [4.78, 5) is 0.806. The molecule has 0 bridgehead atoms. The average Bonchev–Trinajstić information content (AvgIpc) is 2.92. The van der Waals surface area contributed by atoms with Crippen molar-refractivity contribution >= 4 is 22.0 Å². The molecule has 3 aromatic heterocycles. The summed E-state index contributed by atoms with van der Waals surface area (Å²) in [5.74, 6) is 0.866. The van der Waals surface area contributed by atoms with Crippen LogP contribution >= 0.6 is 11.3 Å². The SMILES string of the molecule is CC(C)(C)c1nnc2sc(Cn3cc(N)cn3)nn12. The molecule has 100 valence electrons. The summed E-state index contributed by atoms with van der Waals surface area (Å²) >= 11 is 1.51. The van der Waals surface area contributed by atoms with Gasteiger partial charge in [-0.3, -0.25) is 4.68 Å². The molecule has 0 spiro atoms. The van der Waals surface area contributed by atoms with Crippen LogP contribution in [-0.4, -0.2) is 29.6 Å². The highest BCUT2D eigenvalue weighted by Gasteiger charge is 2.23. The van der Waals surface area contributed by atoms with Crippen molar-refractivity contribution in [3.63, 3.8) is 0 Å². The maximum atomic E-state index is 5.64. The van der Waals surface area contributed by atoms with Gasteiger partial charge in [-0.1, -0.05) is 32.1 Å². The Morgan fingerprint density at radius 2 is 2.11 bits per heavy atom. The highest BCUT2D eigenvalue weighted by atomic mass is 32.1. The average molecular weight is 277 g/mol. The molecule has 3 rings (SSSR count). The Bertz CT molecular complexity index is 715. The first-order valence-corrected chi connectivity index (χ1v) is 6.74. The molecule has 0 unspecified atom stereocenters. The smallest absolute Gasteiger partial charge is 0.234 e. The van der Waals surface area contributed by atoms with E-state index < -0.39 is 0 Å². The van der Waals surface area contributed by atoms with Crippen LogP contribution in [-0.2, 0) is 12.0 Å². The zero-order valence-corrected chi connectivity index (χ0v) is 11.8. The number of nitrogen functional groups attached to an aromatic ring is 1. The quantitative estimate of drug-likeness (QED) is 0.763. The maximum absolute atomic E-state index is 5.64. The van der Waals surface area contributed by atoms with Crippen molar-refractivity contribution < 1.29 is 0 Å². The van der Waals surface area contributed by atoms with Gasteiger partial charge >= 0.3 is 0 Å². The predicted octanol–water partition coefficient (Wildman–Crippen LogP) is 1.31. The van der Waals surface area contributed by atoms with Gasteiger partial charge in [-0.25, -0.2) is 0 Å². The lowest BCUT2D eigenvalue weighted by atomic mass is 9.96. The van der Waals surface area contributed by atoms with E-state index >= 15 is 0 Å². The molecular weight excluding hydrogens is 262 g/mol. The third-order valence-electron chi connectivity index (χ3n) is 2.65. The second-order valence-corrected chi connectivity index (χ2v) is 6.48. The molecule has 0 aliphatic rings. The molecule has 0 atom stereocenters. The molecule has 19 heavy (non-hydrogen) atoms. The lowest BCUT2D eigenvalue weighted by Gasteiger charge is -2.13. The molecule has 0 saturated carbocycles. The summed E-state index contributed by atoms with van der Waals surface area (Å²) in [5, 5.41) is 18.0. The molecule has 0 saturated heterocycles. The van der Waals surface area contributed by atoms with Crippen molar-refractivity contribution in [2.45, 2.75) is 32.7 Å². The number of aromatic nitrogens is 6. The molecule has 2 N–H and O–H groups in total. The van der Waals surface area contributed by atoms with Gasteiger partial charge in [0, 0.05) is 11.6 Å². The minimum atomic E-state index is -0.0825. The first-order chi connectivity index (χ1) is 8.93. The summed E-state index contributed by atoms with van der Waals surface area (Å²) in [6.07, 6.45) is 3.41. The van der Waals surface area contributed by atoms with Gasteiger partial charge in [-0.05, 0) is 0 Å². The Hall–Kier alpha value is -1.96. The van der Waals surface area contributed by atoms with Crippen molar-refractivity contribution in [3.8, 4) is 0 Å². The van der Waals surface area contributed by atoms with Gasteiger partial charge in [0.05, 0.1) is 18.4 Å². The van der Waals surface area contributed by atoms with Crippen LogP contribution in [0.2, 0.25) is 0 Å².